The summed E-state index contributed by atoms with van der Waals surface area (Å²) in [5, 5.41) is 6.36. The quantitative estimate of drug-likeness (QED) is 0.468. The first-order chi connectivity index (χ1) is 12.6. The lowest BCUT2D eigenvalue weighted by molar-refractivity contribution is 0.103. The molecule has 0 aliphatic carbocycles. The number of para-hydroxylation sites is 1. The van der Waals surface area contributed by atoms with E-state index in [1.54, 1.807) is 19.3 Å². The second-order valence-electron chi connectivity index (χ2n) is 5.24. The Bertz CT molecular complexity index is 1110. The van der Waals surface area contributed by atoms with Gasteiger partial charge < -0.3 is 5.32 Å². The molecule has 0 aliphatic heterocycles. The number of rotatable bonds is 4. The van der Waals surface area contributed by atoms with Gasteiger partial charge in [0.25, 0.3) is 5.91 Å². The molecule has 1 amide bonds. The number of nitrogens with zero attached hydrogens (tertiary/aromatic N) is 3. The van der Waals surface area contributed by atoms with Gasteiger partial charge in [-0.05, 0) is 46.3 Å². The Labute approximate surface area is 165 Å². The molecule has 0 bridgehead atoms. The molecule has 26 heavy (non-hydrogen) atoms. The number of fused-ring (bicyclic) bond motifs is 1. The molecule has 0 atom stereocenters. The van der Waals surface area contributed by atoms with Crippen molar-refractivity contribution in [3.05, 3.63) is 51.9 Å². The van der Waals surface area contributed by atoms with Crippen molar-refractivity contribution < 1.29 is 4.79 Å². The monoisotopic (exact) mass is 445 g/mol. The molecule has 6 nitrogen and oxygen atoms in total. The number of halogens is 1. The van der Waals surface area contributed by atoms with Crippen molar-refractivity contribution in [1.82, 2.24) is 15.0 Å². The number of carbonyl (C=O) groups excluding carboxylic acids is 1. The van der Waals surface area contributed by atoms with Crippen molar-refractivity contribution in [2.45, 2.75) is 0 Å². The lowest BCUT2D eigenvalue weighted by atomic mass is 10.3. The third-order valence-electron chi connectivity index (χ3n) is 3.55. The summed E-state index contributed by atoms with van der Waals surface area (Å²) >= 11 is 6.30. The average Bonchev–Trinajstić information content (AvgIpc) is 3.29. The van der Waals surface area contributed by atoms with Crippen molar-refractivity contribution in [3.8, 4) is 10.6 Å². The van der Waals surface area contributed by atoms with E-state index in [0.29, 0.717) is 16.0 Å². The Balaban J connectivity index is 1.56. The normalized spacial score (nSPS) is 10.8. The van der Waals surface area contributed by atoms with Crippen LogP contribution in [0.15, 0.2) is 47.1 Å². The van der Waals surface area contributed by atoms with Crippen molar-refractivity contribution in [3.63, 3.8) is 0 Å². The first-order valence-electron chi connectivity index (χ1n) is 7.61. The van der Waals surface area contributed by atoms with Gasteiger partial charge in [0.1, 0.15) is 0 Å². The highest BCUT2D eigenvalue weighted by Gasteiger charge is 2.14. The van der Waals surface area contributed by atoms with Crippen molar-refractivity contribution in [1.29, 1.82) is 0 Å². The number of benzene rings is 1. The zero-order valence-corrected chi connectivity index (χ0v) is 16.7. The van der Waals surface area contributed by atoms with Crippen LogP contribution >= 0.6 is 38.6 Å². The van der Waals surface area contributed by atoms with Crippen LogP contribution in [0.4, 0.5) is 11.1 Å². The Kier molecular flexibility index (Phi) is 4.66. The molecule has 0 saturated heterocycles. The summed E-state index contributed by atoms with van der Waals surface area (Å²) in [5.74, 6) is 0.362. The maximum atomic E-state index is 12.6. The van der Waals surface area contributed by atoms with Crippen LogP contribution in [0.1, 0.15) is 9.67 Å². The van der Waals surface area contributed by atoms with Gasteiger partial charge in [-0.15, -0.1) is 11.3 Å². The zero-order valence-electron chi connectivity index (χ0n) is 13.5. The van der Waals surface area contributed by atoms with Crippen LogP contribution < -0.4 is 10.6 Å². The molecule has 3 heterocycles. The van der Waals surface area contributed by atoms with E-state index in [-0.39, 0.29) is 5.91 Å². The fourth-order valence-electron chi connectivity index (χ4n) is 2.34. The SMILES string of the molecule is CNc1nccc(-c2ccc(C(=O)Nc3nc4c(Br)cccc4s3)s2)n1. The van der Waals surface area contributed by atoms with Gasteiger partial charge in [0.05, 0.1) is 25.7 Å². The Morgan fingerprint density at radius 3 is 2.81 bits per heavy atom. The summed E-state index contributed by atoms with van der Waals surface area (Å²) in [6, 6.07) is 11.4. The molecular formula is C17H12BrN5OS2. The largest absolute Gasteiger partial charge is 0.357 e. The first kappa shape index (κ1) is 17.1. The number of thiazole rings is 1. The van der Waals surface area contributed by atoms with E-state index in [1.165, 1.54) is 22.7 Å². The molecule has 0 aliphatic rings. The molecule has 0 radical (unpaired) electrons. The minimum absolute atomic E-state index is 0.181. The molecule has 0 unspecified atom stereocenters. The van der Waals surface area contributed by atoms with Crippen molar-refractivity contribution >= 4 is 65.8 Å². The van der Waals surface area contributed by atoms with Crippen LogP contribution in [-0.4, -0.2) is 27.9 Å². The summed E-state index contributed by atoms with van der Waals surface area (Å²) in [6.45, 7) is 0. The molecule has 0 spiro atoms. The number of hydrogen-bond acceptors (Lipinski definition) is 7. The molecule has 4 aromatic rings. The number of amides is 1. The lowest BCUT2D eigenvalue weighted by Gasteiger charge is -2.00. The number of hydrogen-bond donors (Lipinski definition) is 2. The summed E-state index contributed by atoms with van der Waals surface area (Å²) in [4.78, 5) is 27.0. The maximum absolute atomic E-state index is 12.6. The molecule has 1 aromatic carbocycles. The van der Waals surface area contributed by atoms with Crippen molar-refractivity contribution in [2.75, 3.05) is 17.7 Å². The third-order valence-corrected chi connectivity index (χ3v) is 6.23. The number of carbonyl (C=O) groups is 1. The van der Waals surface area contributed by atoms with Crippen LogP contribution in [0, 0.1) is 0 Å². The molecule has 0 fully saturated rings. The fourth-order valence-corrected chi connectivity index (χ4v) is 4.69. The number of thiophene rings is 1. The minimum Gasteiger partial charge on any atom is -0.357 e. The standard InChI is InChI=1S/C17H12BrN5OS2/c1-19-16-20-8-7-10(21-16)11-5-6-13(25-11)15(24)23-17-22-14-9(18)3-2-4-12(14)26-17/h2-8H,1H3,(H,19,20,21)(H,22,23,24). The highest BCUT2D eigenvalue weighted by atomic mass is 79.9. The van der Waals surface area contributed by atoms with E-state index >= 15 is 0 Å². The van der Waals surface area contributed by atoms with Gasteiger partial charge in [-0.3, -0.25) is 10.1 Å². The summed E-state index contributed by atoms with van der Waals surface area (Å²) < 4.78 is 1.93. The zero-order chi connectivity index (χ0) is 18.1. The first-order valence-corrected chi connectivity index (χ1v) is 10.0. The van der Waals surface area contributed by atoms with Gasteiger partial charge in [-0.25, -0.2) is 15.0 Å². The molecule has 4 rings (SSSR count). The van der Waals surface area contributed by atoms with E-state index in [0.717, 1.165) is 25.3 Å². The van der Waals surface area contributed by atoms with Gasteiger partial charge in [0.2, 0.25) is 5.95 Å². The lowest BCUT2D eigenvalue weighted by Crippen LogP contribution is -2.09. The molecule has 130 valence electrons. The Hall–Kier alpha value is -2.36. The van der Waals surface area contributed by atoms with Crippen LogP contribution in [0.3, 0.4) is 0 Å². The van der Waals surface area contributed by atoms with Crippen LogP contribution in [0.2, 0.25) is 0 Å². The summed E-state index contributed by atoms with van der Waals surface area (Å²) in [5.41, 5.74) is 1.62. The highest BCUT2D eigenvalue weighted by molar-refractivity contribution is 9.10. The topological polar surface area (TPSA) is 79.8 Å². The van der Waals surface area contributed by atoms with Gasteiger partial charge in [-0.2, -0.15) is 0 Å². The van der Waals surface area contributed by atoms with E-state index in [2.05, 4.69) is 41.5 Å². The molecule has 2 N–H and O–H groups in total. The molecule has 0 saturated carbocycles. The second kappa shape index (κ2) is 7.10. The fraction of sp³-hybridized carbons (Fsp3) is 0.0588. The second-order valence-corrected chi connectivity index (χ2v) is 8.21. The van der Waals surface area contributed by atoms with Crippen LogP contribution in [0.25, 0.3) is 20.8 Å². The van der Waals surface area contributed by atoms with E-state index in [4.69, 9.17) is 0 Å². The van der Waals surface area contributed by atoms with E-state index in [1.807, 2.05) is 30.3 Å². The van der Waals surface area contributed by atoms with Crippen molar-refractivity contribution in [2.24, 2.45) is 0 Å². The molecule has 9 heteroatoms. The third kappa shape index (κ3) is 3.33. The predicted molar refractivity (Wildman–Crippen MR) is 110 cm³/mol. The van der Waals surface area contributed by atoms with Gasteiger partial charge in [0.15, 0.2) is 5.13 Å². The minimum atomic E-state index is -0.181. The molecular weight excluding hydrogens is 434 g/mol. The average molecular weight is 446 g/mol. The van der Waals surface area contributed by atoms with Gasteiger partial charge in [-0.1, -0.05) is 17.4 Å². The Morgan fingerprint density at radius 1 is 1.12 bits per heavy atom. The smallest absolute Gasteiger partial charge is 0.267 e. The van der Waals surface area contributed by atoms with Gasteiger partial charge in [0, 0.05) is 17.7 Å². The number of nitrogens with one attached hydrogen (secondary N) is 2. The molecule has 3 aromatic heterocycles. The number of anilines is 2. The number of aromatic nitrogens is 3. The highest BCUT2D eigenvalue weighted by Crippen LogP contribution is 2.32. The summed E-state index contributed by atoms with van der Waals surface area (Å²) in [6.07, 6.45) is 1.69. The van der Waals surface area contributed by atoms with E-state index < -0.39 is 0 Å². The van der Waals surface area contributed by atoms with Crippen LogP contribution in [0.5, 0.6) is 0 Å². The Morgan fingerprint density at radius 2 is 2.00 bits per heavy atom. The summed E-state index contributed by atoms with van der Waals surface area (Å²) in [7, 11) is 1.77. The van der Waals surface area contributed by atoms with Gasteiger partial charge >= 0.3 is 0 Å². The predicted octanol–water partition coefficient (Wildman–Crippen LogP) is 4.87. The van der Waals surface area contributed by atoms with Crippen LogP contribution in [-0.2, 0) is 0 Å². The maximum Gasteiger partial charge on any atom is 0.267 e. The van der Waals surface area contributed by atoms with E-state index in [9.17, 15) is 4.79 Å².